The van der Waals surface area contributed by atoms with Crippen LogP contribution >= 0.6 is 0 Å². The van der Waals surface area contributed by atoms with E-state index in [0.29, 0.717) is 5.69 Å². The number of carboxylic acids is 1. The van der Waals surface area contributed by atoms with Gasteiger partial charge in [0, 0.05) is 5.69 Å². The Morgan fingerprint density at radius 1 is 1.67 bits per heavy atom. The molecular formula is C9H12F2N2O2. The highest BCUT2D eigenvalue weighted by Crippen LogP contribution is 2.21. The van der Waals surface area contributed by atoms with Gasteiger partial charge in [-0.1, -0.05) is 0 Å². The summed E-state index contributed by atoms with van der Waals surface area (Å²) in [6.07, 6.45) is -2.76. The van der Waals surface area contributed by atoms with E-state index in [1.807, 2.05) is 0 Å². The summed E-state index contributed by atoms with van der Waals surface area (Å²) in [6.45, 7) is 3.25. The van der Waals surface area contributed by atoms with Gasteiger partial charge in [0.15, 0.2) is 0 Å². The normalized spacial score (nSPS) is 13.1. The van der Waals surface area contributed by atoms with Crippen molar-refractivity contribution in [2.75, 3.05) is 0 Å². The van der Waals surface area contributed by atoms with Crippen LogP contribution in [0, 0.1) is 6.92 Å². The van der Waals surface area contributed by atoms with Gasteiger partial charge in [-0.2, -0.15) is 5.10 Å². The molecule has 0 aliphatic rings. The maximum absolute atomic E-state index is 12.3. The van der Waals surface area contributed by atoms with Gasteiger partial charge in [-0.25, -0.2) is 8.78 Å². The number of carboxylic acid groups (broad SMARTS) is 1. The van der Waals surface area contributed by atoms with Gasteiger partial charge < -0.3 is 5.11 Å². The average molecular weight is 218 g/mol. The molecule has 15 heavy (non-hydrogen) atoms. The number of aliphatic carboxylic acids is 1. The van der Waals surface area contributed by atoms with Crippen LogP contribution in [0.3, 0.4) is 0 Å². The van der Waals surface area contributed by atoms with Gasteiger partial charge in [0.25, 0.3) is 6.43 Å². The predicted molar refractivity (Wildman–Crippen MR) is 48.9 cm³/mol. The number of nitrogens with zero attached hydrogens (tertiary/aromatic N) is 2. The summed E-state index contributed by atoms with van der Waals surface area (Å²) in [7, 11) is 0. The number of aryl methyl sites for hydroxylation is 1. The van der Waals surface area contributed by atoms with Gasteiger partial charge >= 0.3 is 5.97 Å². The maximum Gasteiger partial charge on any atom is 0.305 e. The first kappa shape index (κ1) is 11.6. The summed E-state index contributed by atoms with van der Waals surface area (Å²) in [5.74, 6) is -0.976. The van der Waals surface area contributed by atoms with E-state index in [1.54, 1.807) is 13.8 Å². The molecular weight excluding hydrogens is 206 g/mol. The third kappa shape index (κ3) is 2.74. The topological polar surface area (TPSA) is 55.1 Å². The second-order valence-corrected chi connectivity index (χ2v) is 3.40. The number of hydrogen-bond acceptors (Lipinski definition) is 2. The van der Waals surface area contributed by atoms with Crippen molar-refractivity contribution in [1.82, 2.24) is 9.78 Å². The Morgan fingerprint density at radius 2 is 2.27 bits per heavy atom. The first-order chi connectivity index (χ1) is 6.91. The third-order valence-corrected chi connectivity index (χ3v) is 2.05. The van der Waals surface area contributed by atoms with E-state index in [-0.39, 0.29) is 12.1 Å². The van der Waals surface area contributed by atoms with Crippen LogP contribution in [-0.4, -0.2) is 20.9 Å². The summed E-state index contributed by atoms with van der Waals surface area (Å²) >= 11 is 0. The van der Waals surface area contributed by atoms with Crippen LogP contribution in [0.25, 0.3) is 0 Å². The average Bonchev–Trinajstić information content (AvgIpc) is 2.46. The van der Waals surface area contributed by atoms with E-state index in [0.717, 1.165) is 0 Å². The lowest BCUT2D eigenvalue weighted by atomic mass is 10.2. The molecule has 6 heteroatoms. The highest BCUT2D eigenvalue weighted by atomic mass is 19.3. The summed E-state index contributed by atoms with van der Waals surface area (Å²) in [4.78, 5) is 10.4. The highest BCUT2D eigenvalue weighted by Gasteiger charge is 2.17. The van der Waals surface area contributed by atoms with Crippen molar-refractivity contribution >= 4 is 5.97 Å². The van der Waals surface area contributed by atoms with Crippen LogP contribution in [0.5, 0.6) is 0 Å². The number of alkyl halides is 2. The van der Waals surface area contributed by atoms with Crippen molar-refractivity contribution in [1.29, 1.82) is 0 Å². The van der Waals surface area contributed by atoms with E-state index in [4.69, 9.17) is 5.11 Å². The van der Waals surface area contributed by atoms with Gasteiger partial charge in [0.05, 0.1) is 12.5 Å². The Kier molecular flexibility index (Phi) is 3.39. The molecule has 0 aliphatic heterocycles. The van der Waals surface area contributed by atoms with Crippen LogP contribution < -0.4 is 0 Å². The lowest BCUT2D eigenvalue weighted by molar-refractivity contribution is -0.137. The SMILES string of the molecule is Cc1cc(C(F)F)nn1[C@@H](C)CC(=O)O. The fraction of sp³-hybridized carbons (Fsp3) is 0.556. The van der Waals surface area contributed by atoms with Gasteiger partial charge in [-0.3, -0.25) is 9.48 Å². The van der Waals surface area contributed by atoms with Crippen molar-refractivity contribution in [2.45, 2.75) is 32.7 Å². The molecule has 4 nitrogen and oxygen atoms in total. The first-order valence-corrected chi connectivity index (χ1v) is 4.47. The monoisotopic (exact) mass is 218 g/mol. The molecule has 0 spiro atoms. The van der Waals surface area contributed by atoms with E-state index >= 15 is 0 Å². The molecule has 1 rings (SSSR count). The number of rotatable bonds is 4. The summed E-state index contributed by atoms with van der Waals surface area (Å²) in [5.41, 5.74) is 0.226. The Balaban J connectivity index is 2.89. The van der Waals surface area contributed by atoms with Gasteiger partial charge in [0.1, 0.15) is 5.69 Å². The van der Waals surface area contributed by atoms with Gasteiger partial charge in [0.2, 0.25) is 0 Å². The minimum atomic E-state index is -2.62. The Bertz CT molecular complexity index is 363. The van der Waals surface area contributed by atoms with Crippen LogP contribution in [0.4, 0.5) is 8.78 Å². The molecule has 0 unspecified atom stereocenters. The standard InChI is InChI=1S/C9H12F2N2O2/c1-5-3-7(9(10)11)12-13(5)6(2)4-8(14)15/h3,6,9H,4H2,1-2H3,(H,14,15)/t6-/m0/s1. The Labute approximate surface area is 85.5 Å². The molecule has 0 amide bonds. The molecule has 1 atom stereocenters. The molecule has 0 aliphatic carbocycles. The first-order valence-electron chi connectivity index (χ1n) is 4.47. The van der Waals surface area contributed by atoms with E-state index in [2.05, 4.69) is 5.10 Å². The molecule has 0 bridgehead atoms. The molecule has 84 valence electrons. The summed E-state index contributed by atoms with van der Waals surface area (Å²) in [6, 6.07) is 0.846. The van der Waals surface area contributed by atoms with Crippen molar-refractivity contribution in [2.24, 2.45) is 0 Å². The van der Waals surface area contributed by atoms with E-state index in [9.17, 15) is 13.6 Å². The van der Waals surface area contributed by atoms with Crippen molar-refractivity contribution in [3.63, 3.8) is 0 Å². The Morgan fingerprint density at radius 3 is 2.67 bits per heavy atom. The minimum Gasteiger partial charge on any atom is -0.481 e. The zero-order valence-electron chi connectivity index (χ0n) is 8.44. The lowest BCUT2D eigenvalue weighted by Gasteiger charge is -2.11. The van der Waals surface area contributed by atoms with Crippen LogP contribution in [-0.2, 0) is 4.79 Å². The van der Waals surface area contributed by atoms with Crippen LogP contribution in [0.2, 0.25) is 0 Å². The second-order valence-electron chi connectivity index (χ2n) is 3.40. The van der Waals surface area contributed by atoms with Crippen molar-refractivity contribution in [3.05, 3.63) is 17.5 Å². The number of hydrogen-bond donors (Lipinski definition) is 1. The third-order valence-electron chi connectivity index (χ3n) is 2.05. The summed E-state index contributed by atoms with van der Waals surface area (Å²) in [5, 5.41) is 12.2. The quantitative estimate of drug-likeness (QED) is 0.842. The predicted octanol–water partition coefficient (Wildman–Crippen LogP) is 2.16. The minimum absolute atomic E-state index is 0.134. The molecule has 1 N–H and O–H groups in total. The second kappa shape index (κ2) is 4.37. The highest BCUT2D eigenvalue weighted by molar-refractivity contribution is 5.67. The zero-order chi connectivity index (χ0) is 11.6. The molecule has 1 aromatic rings. The van der Waals surface area contributed by atoms with Gasteiger partial charge in [-0.05, 0) is 19.9 Å². The molecule has 0 aromatic carbocycles. The molecule has 1 aromatic heterocycles. The van der Waals surface area contributed by atoms with Crippen LogP contribution in [0.15, 0.2) is 6.07 Å². The fourth-order valence-electron chi connectivity index (χ4n) is 1.40. The zero-order valence-corrected chi connectivity index (χ0v) is 8.44. The number of halogens is 2. The molecule has 0 saturated heterocycles. The van der Waals surface area contributed by atoms with E-state index < -0.39 is 18.4 Å². The van der Waals surface area contributed by atoms with Crippen LogP contribution in [0.1, 0.15) is 37.2 Å². The van der Waals surface area contributed by atoms with E-state index in [1.165, 1.54) is 10.7 Å². The Hall–Kier alpha value is -1.46. The fourth-order valence-corrected chi connectivity index (χ4v) is 1.40. The molecule has 0 fully saturated rings. The number of aromatic nitrogens is 2. The number of carbonyl (C=O) groups is 1. The smallest absolute Gasteiger partial charge is 0.305 e. The van der Waals surface area contributed by atoms with Gasteiger partial charge in [-0.15, -0.1) is 0 Å². The maximum atomic E-state index is 12.3. The lowest BCUT2D eigenvalue weighted by Crippen LogP contribution is -2.13. The van der Waals surface area contributed by atoms with Crippen molar-refractivity contribution < 1.29 is 18.7 Å². The molecule has 0 radical (unpaired) electrons. The van der Waals surface area contributed by atoms with Crippen molar-refractivity contribution in [3.8, 4) is 0 Å². The molecule has 0 saturated carbocycles. The summed E-state index contributed by atoms with van der Waals surface area (Å²) < 4.78 is 25.9. The largest absolute Gasteiger partial charge is 0.481 e. The molecule has 1 heterocycles.